The molecule has 0 atom stereocenters. The second-order valence-corrected chi connectivity index (χ2v) is 6.43. The molecule has 1 fully saturated rings. The molecule has 0 unspecified atom stereocenters. The Balaban J connectivity index is 1.51. The van der Waals surface area contributed by atoms with Gasteiger partial charge in [-0.25, -0.2) is 4.39 Å². The van der Waals surface area contributed by atoms with Crippen molar-refractivity contribution in [1.29, 1.82) is 0 Å². The summed E-state index contributed by atoms with van der Waals surface area (Å²) in [4.78, 5) is 22.8. The first-order valence-corrected chi connectivity index (χ1v) is 8.54. The molecule has 0 spiro atoms. The number of amides is 1. The third-order valence-electron chi connectivity index (χ3n) is 4.86. The van der Waals surface area contributed by atoms with Crippen LogP contribution in [0.4, 0.5) is 15.8 Å². The number of benzene rings is 2. The summed E-state index contributed by atoms with van der Waals surface area (Å²) in [7, 11) is 0. The van der Waals surface area contributed by atoms with E-state index in [1.807, 2.05) is 0 Å². The molecule has 0 aliphatic heterocycles. The van der Waals surface area contributed by atoms with E-state index < -0.39 is 10.3 Å². The van der Waals surface area contributed by atoms with Crippen LogP contribution in [0.1, 0.15) is 24.8 Å². The number of nitrogens with one attached hydrogen (secondary N) is 2. The van der Waals surface area contributed by atoms with Crippen molar-refractivity contribution >= 4 is 17.3 Å². The number of halogens is 1. The van der Waals surface area contributed by atoms with E-state index in [0.717, 1.165) is 30.5 Å². The normalized spacial score (nSPS) is 15.0. The fraction of sp³-hybridized carbons (Fsp3) is 0.316. The van der Waals surface area contributed by atoms with E-state index in [4.69, 9.17) is 0 Å². The number of anilines is 1. The zero-order valence-corrected chi connectivity index (χ0v) is 14.2. The highest BCUT2D eigenvalue weighted by Crippen LogP contribution is 2.43. The number of nitrogens with zero attached hydrogens (tertiary/aromatic N) is 1. The highest BCUT2D eigenvalue weighted by atomic mass is 19.1. The Morgan fingerprint density at radius 2 is 1.73 bits per heavy atom. The lowest BCUT2D eigenvalue weighted by atomic mass is 9.64. The van der Waals surface area contributed by atoms with Gasteiger partial charge in [0.05, 0.1) is 10.3 Å². The summed E-state index contributed by atoms with van der Waals surface area (Å²) in [5.74, 6) is -0.350. The number of rotatable bonds is 7. The van der Waals surface area contributed by atoms with E-state index >= 15 is 0 Å². The molecule has 1 amide bonds. The summed E-state index contributed by atoms with van der Waals surface area (Å²) in [6.07, 6.45) is 2.51. The Hall–Kier alpha value is -2.96. The van der Waals surface area contributed by atoms with Gasteiger partial charge in [0.15, 0.2) is 0 Å². The second kappa shape index (κ2) is 7.51. The summed E-state index contributed by atoms with van der Waals surface area (Å²) < 4.78 is 13.1. The molecular weight excluding hydrogens is 337 g/mol. The molecule has 0 aromatic heterocycles. The van der Waals surface area contributed by atoms with Gasteiger partial charge in [0, 0.05) is 30.9 Å². The molecule has 26 heavy (non-hydrogen) atoms. The molecule has 1 aliphatic carbocycles. The number of carbonyl (C=O) groups is 1. The molecule has 0 saturated heterocycles. The SMILES string of the molecule is O=C(NCCNc1ccc([N+](=O)[O-])cc1)C1(c2ccc(F)cc2)CCC1. The molecule has 0 radical (unpaired) electrons. The van der Waals surface area contributed by atoms with Gasteiger partial charge in [-0.05, 0) is 42.7 Å². The lowest BCUT2D eigenvalue weighted by Gasteiger charge is -2.40. The highest BCUT2D eigenvalue weighted by molar-refractivity contribution is 5.89. The number of hydrogen-bond acceptors (Lipinski definition) is 4. The molecule has 2 N–H and O–H groups in total. The van der Waals surface area contributed by atoms with E-state index in [9.17, 15) is 19.3 Å². The van der Waals surface area contributed by atoms with Crippen LogP contribution < -0.4 is 10.6 Å². The van der Waals surface area contributed by atoms with Crippen molar-refractivity contribution in [3.63, 3.8) is 0 Å². The largest absolute Gasteiger partial charge is 0.383 e. The van der Waals surface area contributed by atoms with Gasteiger partial charge in [0.25, 0.3) is 5.69 Å². The average Bonchev–Trinajstić information content (AvgIpc) is 2.60. The number of hydrogen-bond donors (Lipinski definition) is 2. The van der Waals surface area contributed by atoms with Crippen LogP contribution in [0.5, 0.6) is 0 Å². The van der Waals surface area contributed by atoms with Crippen molar-refractivity contribution in [2.75, 3.05) is 18.4 Å². The van der Waals surface area contributed by atoms with Crippen molar-refractivity contribution in [3.8, 4) is 0 Å². The van der Waals surface area contributed by atoms with Crippen LogP contribution in [0, 0.1) is 15.9 Å². The molecule has 136 valence electrons. The van der Waals surface area contributed by atoms with Gasteiger partial charge in [-0.2, -0.15) is 0 Å². The molecule has 1 saturated carbocycles. The summed E-state index contributed by atoms with van der Waals surface area (Å²) in [5, 5.41) is 16.7. The Morgan fingerprint density at radius 1 is 1.08 bits per heavy atom. The maximum absolute atomic E-state index is 13.1. The quantitative estimate of drug-likeness (QED) is 0.452. The first-order valence-electron chi connectivity index (χ1n) is 8.54. The highest BCUT2D eigenvalue weighted by Gasteiger charge is 2.45. The zero-order valence-electron chi connectivity index (χ0n) is 14.2. The summed E-state index contributed by atoms with van der Waals surface area (Å²) in [6.45, 7) is 0.932. The Labute approximate surface area is 150 Å². The topological polar surface area (TPSA) is 84.3 Å². The minimum Gasteiger partial charge on any atom is -0.383 e. The van der Waals surface area contributed by atoms with E-state index in [2.05, 4.69) is 10.6 Å². The van der Waals surface area contributed by atoms with Gasteiger partial charge >= 0.3 is 0 Å². The standard InChI is InChI=1S/C19H20FN3O3/c20-15-4-2-14(3-5-15)19(10-1-11-19)18(24)22-13-12-21-16-6-8-17(9-7-16)23(25)26/h2-9,21H,1,10-13H2,(H,22,24). The summed E-state index contributed by atoms with van der Waals surface area (Å²) in [5.41, 5.74) is 1.09. The third-order valence-corrected chi connectivity index (χ3v) is 4.86. The Morgan fingerprint density at radius 3 is 2.27 bits per heavy atom. The van der Waals surface area contributed by atoms with Crippen LogP contribution >= 0.6 is 0 Å². The van der Waals surface area contributed by atoms with Gasteiger partial charge in [0.2, 0.25) is 5.91 Å². The lowest BCUT2D eigenvalue weighted by Crippen LogP contribution is -2.50. The summed E-state index contributed by atoms with van der Waals surface area (Å²) in [6, 6.07) is 12.3. The maximum atomic E-state index is 13.1. The minimum absolute atomic E-state index is 0.0371. The first-order chi connectivity index (χ1) is 12.5. The Bertz CT molecular complexity index is 787. The van der Waals surface area contributed by atoms with Gasteiger partial charge in [-0.15, -0.1) is 0 Å². The first kappa shape index (κ1) is 17.8. The van der Waals surface area contributed by atoms with E-state index in [-0.39, 0.29) is 17.4 Å². The fourth-order valence-corrected chi connectivity index (χ4v) is 3.20. The van der Waals surface area contributed by atoms with Gasteiger partial charge in [-0.1, -0.05) is 18.6 Å². The predicted molar refractivity (Wildman–Crippen MR) is 96.5 cm³/mol. The van der Waals surface area contributed by atoms with E-state index in [0.29, 0.717) is 13.1 Å². The molecule has 7 heteroatoms. The molecule has 6 nitrogen and oxygen atoms in total. The van der Waals surface area contributed by atoms with Crippen molar-refractivity contribution in [3.05, 3.63) is 70.0 Å². The van der Waals surface area contributed by atoms with Crippen LogP contribution in [0.25, 0.3) is 0 Å². The molecule has 0 bridgehead atoms. The maximum Gasteiger partial charge on any atom is 0.269 e. The molecular formula is C19H20FN3O3. The van der Waals surface area contributed by atoms with E-state index in [1.54, 1.807) is 24.3 Å². The second-order valence-electron chi connectivity index (χ2n) is 6.43. The van der Waals surface area contributed by atoms with Crippen molar-refractivity contribution < 1.29 is 14.1 Å². The van der Waals surface area contributed by atoms with Crippen molar-refractivity contribution in [2.45, 2.75) is 24.7 Å². The van der Waals surface area contributed by atoms with Crippen LogP contribution in [0.15, 0.2) is 48.5 Å². The molecule has 2 aromatic rings. The molecule has 1 aliphatic rings. The van der Waals surface area contributed by atoms with Crippen LogP contribution in [0.3, 0.4) is 0 Å². The van der Waals surface area contributed by atoms with Crippen molar-refractivity contribution in [2.24, 2.45) is 0 Å². The average molecular weight is 357 g/mol. The van der Waals surface area contributed by atoms with Gasteiger partial charge in [-0.3, -0.25) is 14.9 Å². The number of nitro groups is 1. The smallest absolute Gasteiger partial charge is 0.269 e. The fourth-order valence-electron chi connectivity index (χ4n) is 3.20. The molecule has 2 aromatic carbocycles. The number of carbonyl (C=O) groups excluding carboxylic acids is 1. The minimum atomic E-state index is -0.555. The zero-order chi connectivity index (χ0) is 18.6. The van der Waals surface area contributed by atoms with Crippen LogP contribution in [-0.4, -0.2) is 23.9 Å². The summed E-state index contributed by atoms with van der Waals surface area (Å²) >= 11 is 0. The molecule has 3 rings (SSSR count). The van der Waals surface area contributed by atoms with Gasteiger partial charge < -0.3 is 10.6 Å². The van der Waals surface area contributed by atoms with E-state index in [1.165, 1.54) is 24.3 Å². The van der Waals surface area contributed by atoms with Crippen molar-refractivity contribution in [1.82, 2.24) is 5.32 Å². The monoisotopic (exact) mass is 357 g/mol. The molecule has 0 heterocycles. The number of nitro benzene ring substituents is 1. The predicted octanol–water partition coefficient (Wildman–Crippen LogP) is 3.38. The van der Waals surface area contributed by atoms with Crippen LogP contribution in [-0.2, 0) is 10.2 Å². The lowest BCUT2D eigenvalue weighted by molar-refractivity contribution is -0.384. The number of non-ortho nitro benzene ring substituents is 1. The van der Waals surface area contributed by atoms with Gasteiger partial charge in [0.1, 0.15) is 5.82 Å². The Kier molecular flexibility index (Phi) is 5.16. The third kappa shape index (κ3) is 3.66. The van der Waals surface area contributed by atoms with Crippen LogP contribution in [0.2, 0.25) is 0 Å².